The number of hydrazine groups is 1. The van der Waals surface area contributed by atoms with E-state index in [0.29, 0.717) is 20.5 Å². The minimum atomic E-state index is 0.109. The van der Waals surface area contributed by atoms with Gasteiger partial charge >= 0.3 is 0 Å². The second-order valence-corrected chi connectivity index (χ2v) is 7.92. The van der Waals surface area contributed by atoms with E-state index in [1.54, 1.807) is 0 Å². The summed E-state index contributed by atoms with van der Waals surface area (Å²) in [5.41, 5.74) is 4.07. The van der Waals surface area contributed by atoms with Crippen LogP contribution in [0.25, 0.3) is 0 Å². The van der Waals surface area contributed by atoms with Crippen molar-refractivity contribution in [1.82, 2.24) is 5.43 Å². The molecule has 3 unspecified atom stereocenters. The molecule has 1 aromatic rings. The Morgan fingerprint density at radius 3 is 2.68 bits per heavy atom. The summed E-state index contributed by atoms with van der Waals surface area (Å²) in [5.74, 6) is 8.18. The van der Waals surface area contributed by atoms with E-state index in [9.17, 15) is 0 Å². The monoisotopic (exact) mass is 336 g/mol. The SMILES string of the molecule is CCC1SCCSC1C(NN)c1ccc(Cl)c(Cl)c1. The zero-order chi connectivity index (χ0) is 13.8. The van der Waals surface area contributed by atoms with Gasteiger partial charge in [-0.1, -0.05) is 36.2 Å². The normalized spacial score (nSPS) is 25.3. The summed E-state index contributed by atoms with van der Waals surface area (Å²) >= 11 is 16.1. The second kappa shape index (κ2) is 7.43. The lowest BCUT2D eigenvalue weighted by molar-refractivity contribution is 0.514. The van der Waals surface area contributed by atoms with E-state index < -0.39 is 0 Å². The van der Waals surface area contributed by atoms with Crippen LogP contribution in [0.5, 0.6) is 0 Å². The van der Waals surface area contributed by atoms with Gasteiger partial charge in [0.05, 0.1) is 16.1 Å². The molecule has 0 spiro atoms. The van der Waals surface area contributed by atoms with Gasteiger partial charge in [-0.05, 0) is 24.1 Å². The molecule has 0 amide bonds. The second-order valence-electron chi connectivity index (χ2n) is 4.47. The van der Waals surface area contributed by atoms with Crippen molar-refractivity contribution >= 4 is 46.7 Å². The number of halogens is 2. The van der Waals surface area contributed by atoms with Gasteiger partial charge < -0.3 is 0 Å². The molecule has 1 saturated heterocycles. The van der Waals surface area contributed by atoms with E-state index >= 15 is 0 Å². The van der Waals surface area contributed by atoms with Crippen LogP contribution in [0.15, 0.2) is 18.2 Å². The van der Waals surface area contributed by atoms with Crippen molar-refractivity contribution < 1.29 is 0 Å². The number of hydrogen-bond donors (Lipinski definition) is 2. The van der Waals surface area contributed by atoms with Crippen LogP contribution in [0, 0.1) is 0 Å². The lowest BCUT2D eigenvalue weighted by atomic mass is 10.0. The molecule has 1 aliphatic heterocycles. The Bertz CT molecular complexity index is 431. The highest BCUT2D eigenvalue weighted by Crippen LogP contribution is 2.40. The maximum atomic E-state index is 6.11. The van der Waals surface area contributed by atoms with Gasteiger partial charge in [0.2, 0.25) is 0 Å². The molecule has 1 fully saturated rings. The topological polar surface area (TPSA) is 38.0 Å². The lowest BCUT2D eigenvalue weighted by Crippen LogP contribution is -2.41. The molecular formula is C13H18Cl2N2S2. The van der Waals surface area contributed by atoms with Crippen molar-refractivity contribution in [3.8, 4) is 0 Å². The first-order chi connectivity index (χ1) is 9.17. The van der Waals surface area contributed by atoms with Crippen molar-refractivity contribution in [3.05, 3.63) is 33.8 Å². The molecule has 3 N–H and O–H groups in total. The predicted molar refractivity (Wildman–Crippen MR) is 89.3 cm³/mol. The molecule has 1 aliphatic rings. The molecule has 0 bridgehead atoms. The van der Waals surface area contributed by atoms with E-state index in [0.717, 1.165) is 12.0 Å². The lowest BCUT2D eigenvalue weighted by Gasteiger charge is -2.35. The maximum absolute atomic E-state index is 6.11. The highest BCUT2D eigenvalue weighted by molar-refractivity contribution is 8.07. The van der Waals surface area contributed by atoms with Crippen LogP contribution in [0.3, 0.4) is 0 Å². The standard InChI is InChI=1S/C13H18Cl2N2S2/c1-2-11-13(19-6-5-18-11)12(17-16)8-3-4-9(14)10(15)7-8/h3-4,7,11-13,17H,2,5-6,16H2,1H3. The molecule has 0 radical (unpaired) electrons. The summed E-state index contributed by atoms with van der Waals surface area (Å²) < 4.78 is 0. The number of hydrogen-bond acceptors (Lipinski definition) is 4. The molecule has 2 nitrogen and oxygen atoms in total. The molecule has 106 valence electrons. The Balaban J connectivity index is 2.24. The van der Waals surface area contributed by atoms with Crippen LogP contribution < -0.4 is 11.3 Å². The summed E-state index contributed by atoms with van der Waals surface area (Å²) in [7, 11) is 0. The zero-order valence-corrected chi connectivity index (χ0v) is 13.9. The zero-order valence-electron chi connectivity index (χ0n) is 10.7. The van der Waals surface area contributed by atoms with E-state index in [1.807, 2.05) is 41.7 Å². The van der Waals surface area contributed by atoms with Gasteiger partial charge in [0.25, 0.3) is 0 Å². The first kappa shape index (κ1) is 15.8. The minimum absolute atomic E-state index is 0.109. The predicted octanol–water partition coefficient (Wildman–Crippen LogP) is 4.13. The summed E-state index contributed by atoms with van der Waals surface area (Å²) in [6.07, 6.45) is 1.15. The molecule has 6 heteroatoms. The highest BCUT2D eigenvalue weighted by atomic mass is 35.5. The van der Waals surface area contributed by atoms with Gasteiger partial charge in [-0.3, -0.25) is 11.3 Å². The third kappa shape index (κ3) is 3.74. The Hall–Kier alpha value is 0.420. The molecule has 0 aromatic heterocycles. The van der Waals surface area contributed by atoms with Crippen molar-refractivity contribution in [2.45, 2.75) is 29.9 Å². The van der Waals surface area contributed by atoms with Crippen LogP contribution in [0.4, 0.5) is 0 Å². The smallest absolute Gasteiger partial charge is 0.0595 e. The number of benzene rings is 1. The Kier molecular flexibility index (Phi) is 6.18. The Labute approximate surface area is 133 Å². The van der Waals surface area contributed by atoms with Crippen LogP contribution in [-0.2, 0) is 0 Å². The average Bonchev–Trinajstić information content (AvgIpc) is 2.44. The fourth-order valence-electron chi connectivity index (χ4n) is 2.33. The number of nitrogens with one attached hydrogen (secondary N) is 1. The summed E-state index contributed by atoms with van der Waals surface area (Å²) in [5, 5.41) is 2.25. The number of nitrogens with two attached hydrogens (primary N) is 1. The molecule has 0 saturated carbocycles. The van der Waals surface area contributed by atoms with Gasteiger partial charge in [0.15, 0.2) is 0 Å². The minimum Gasteiger partial charge on any atom is -0.271 e. The first-order valence-corrected chi connectivity index (χ1v) is 9.17. The van der Waals surface area contributed by atoms with Crippen molar-refractivity contribution in [2.24, 2.45) is 5.84 Å². The van der Waals surface area contributed by atoms with Gasteiger partial charge in [-0.15, -0.1) is 0 Å². The molecular weight excluding hydrogens is 319 g/mol. The fraction of sp³-hybridized carbons (Fsp3) is 0.538. The van der Waals surface area contributed by atoms with Gasteiger partial charge in [-0.25, -0.2) is 0 Å². The molecule has 3 atom stereocenters. The van der Waals surface area contributed by atoms with Crippen molar-refractivity contribution in [3.63, 3.8) is 0 Å². The molecule has 19 heavy (non-hydrogen) atoms. The van der Waals surface area contributed by atoms with Crippen LogP contribution in [-0.4, -0.2) is 22.0 Å². The van der Waals surface area contributed by atoms with Gasteiger partial charge in [0, 0.05) is 22.0 Å². The molecule has 2 rings (SSSR count). The molecule has 1 aromatic carbocycles. The third-order valence-corrected chi connectivity index (χ3v) is 7.39. The number of rotatable bonds is 4. The van der Waals surface area contributed by atoms with Gasteiger partial charge in [-0.2, -0.15) is 23.5 Å². The van der Waals surface area contributed by atoms with E-state index in [4.69, 9.17) is 29.0 Å². The van der Waals surface area contributed by atoms with Crippen LogP contribution in [0.2, 0.25) is 10.0 Å². The quantitative estimate of drug-likeness (QED) is 0.640. The Morgan fingerprint density at radius 2 is 2.05 bits per heavy atom. The van der Waals surface area contributed by atoms with E-state index in [2.05, 4.69) is 12.3 Å². The van der Waals surface area contributed by atoms with Crippen LogP contribution >= 0.6 is 46.7 Å². The van der Waals surface area contributed by atoms with Gasteiger partial charge in [0.1, 0.15) is 0 Å². The van der Waals surface area contributed by atoms with Crippen LogP contribution in [0.1, 0.15) is 24.9 Å². The van der Waals surface area contributed by atoms with Crippen molar-refractivity contribution in [1.29, 1.82) is 0 Å². The fourth-order valence-corrected chi connectivity index (χ4v) is 5.87. The number of thioether (sulfide) groups is 2. The highest BCUT2D eigenvalue weighted by Gasteiger charge is 2.32. The summed E-state index contributed by atoms with van der Waals surface area (Å²) in [6, 6.07) is 5.87. The largest absolute Gasteiger partial charge is 0.271 e. The maximum Gasteiger partial charge on any atom is 0.0595 e. The van der Waals surface area contributed by atoms with E-state index in [1.165, 1.54) is 11.5 Å². The van der Waals surface area contributed by atoms with E-state index in [-0.39, 0.29) is 6.04 Å². The summed E-state index contributed by atoms with van der Waals surface area (Å²) in [6.45, 7) is 2.24. The van der Waals surface area contributed by atoms with Crippen molar-refractivity contribution in [2.75, 3.05) is 11.5 Å². The third-order valence-electron chi connectivity index (χ3n) is 3.31. The first-order valence-electron chi connectivity index (χ1n) is 6.31. The Morgan fingerprint density at radius 1 is 1.32 bits per heavy atom. The average molecular weight is 337 g/mol. The molecule has 0 aliphatic carbocycles. The summed E-state index contributed by atoms with van der Waals surface area (Å²) in [4.78, 5) is 0. The molecule has 1 heterocycles.